The zero-order valence-corrected chi connectivity index (χ0v) is 16.9. The van der Waals surface area contributed by atoms with Gasteiger partial charge in [-0.15, -0.1) is 12.4 Å². The molecule has 0 bridgehead atoms. The van der Waals surface area contributed by atoms with Gasteiger partial charge in [-0.05, 0) is 34.5 Å². The molecule has 1 amide bonds. The average molecular weight is 460 g/mol. The lowest BCUT2D eigenvalue weighted by Gasteiger charge is -2.36. The SMILES string of the molecule is CC(C)(C)OC(=O)N1CC(O)C1.Cl.[2H]C([2H])([2H])C(Br)C([2H])([2H])[2H].[2H]C([2H])([2H])C(OC1CNC1)C([2H])([2H])[2H]. The summed E-state index contributed by atoms with van der Waals surface area (Å²) in [4.78, 5) is 11.2. The van der Waals surface area contributed by atoms with Gasteiger partial charge in [-0.2, -0.15) is 0 Å². The third-order valence-corrected chi connectivity index (χ3v) is 2.59. The zero-order chi connectivity index (χ0) is 28.9. The molecule has 2 aliphatic rings. The number of hydrogen-bond donors (Lipinski definition) is 2. The van der Waals surface area contributed by atoms with Gasteiger partial charge in [0, 0.05) is 34.4 Å². The second-order valence-corrected chi connectivity index (χ2v) is 7.11. The normalized spacial score (nSPS) is 26.4. The second-order valence-electron chi connectivity index (χ2n) is 6.20. The Balaban J connectivity index is 0. The minimum atomic E-state index is -2.60. The first-order chi connectivity index (χ1) is 15.7. The van der Waals surface area contributed by atoms with Crippen LogP contribution in [0.15, 0.2) is 0 Å². The fourth-order valence-corrected chi connectivity index (χ4v) is 1.48. The van der Waals surface area contributed by atoms with Crippen molar-refractivity contribution in [3.63, 3.8) is 0 Å². The van der Waals surface area contributed by atoms with Crippen molar-refractivity contribution in [2.75, 3.05) is 26.2 Å². The Morgan fingerprint density at radius 2 is 1.84 bits per heavy atom. The molecule has 0 spiro atoms. The van der Waals surface area contributed by atoms with Crippen LogP contribution in [-0.2, 0) is 9.47 Å². The fourth-order valence-electron chi connectivity index (χ4n) is 1.48. The van der Waals surface area contributed by atoms with Crippen LogP contribution < -0.4 is 5.32 Å². The molecule has 0 unspecified atom stereocenters. The topological polar surface area (TPSA) is 71.0 Å². The molecule has 2 rings (SSSR count). The maximum absolute atomic E-state index is 11.2. The molecule has 0 aromatic carbocycles. The number of alkyl halides is 1. The number of aliphatic hydroxyl groups excluding tert-OH is 1. The van der Waals surface area contributed by atoms with Gasteiger partial charge in [-0.1, -0.05) is 29.6 Å². The van der Waals surface area contributed by atoms with E-state index in [4.69, 9.17) is 31.0 Å². The Morgan fingerprint density at radius 1 is 1.28 bits per heavy atom. The van der Waals surface area contributed by atoms with Crippen LogP contribution in [0.4, 0.5) is 4.79 Å². The molecular weight excluding hydrogens is 412 g/mol. The summed E-state index contributed by atoms with van der Waals surface area (Å²) in [6, 6.07) is 0. The minimum absolute atomic E-state index is 0. The highest BCUT2D eigenvalue weighted by Crippen LogP contribution is 2.14. The van der Waals surface area contributed by atoms with Gasteiger partial charge in [0.05, 0.1) is 31.4 Å². The van der Waals surface area contributed by atoms with Gasteiger partial charge in [0.15, 0.2) is 0 Å². The number of aliphatic hydroxyl groups is 1. The Hall–Kier alpha value is -0.0800. The van der Waals surface area contributed by atoms with Crippen molar-refractivity contribution in [3.8, 4) is 0 Å². The molecule has 2 saturated heterocycles. The van der Waals surface area contributed by atoms with E-state index in [0.717, 1.165) is 0 Å². The summed E-state index contributed by atoms with van der Waals surface area (Å²) in [6.07, 6.45) is -2.67. The molecule has 0 aliphatic carbocycles. The highest BCUT2D eigenvalue weighted by atomic mass is 79.9. The minimum Gasteiger partial charge on any atom is -0.444 e. The number of hydrogen-bond acceptors (Lipinski definition) is 5. The van der Waals surface area contributed by atoms with Gasteiger partial charge >= 0.3 is 6.09 Å². The summed E-state index contributed by atoms with van der Waals surface area (Å²) in [7, 11) is 0. The Morgan fingerprint density at radius 3 is 2.12 bits per heavy atom. The number of nitrogens with one attached hydrogen (secondary N) is 1. The van der Waals surface area contributed by atoms with E-state index in [1.54, 1.807) is 0 Å². The van der Waals surface area contributed by atoms with E-state index >= 15 is 0 Å². The van der Waals surface area contributed by atoms with Crippen LogP contribution in [0.5, 0.6) is 0 Å². The van der Waals surface area contributed by atoms with Crippen LogP contribution in [-0.4, -0.2) is 71.0 Å². The predicted molar refractivity (Wildman–Crippen MR) is 108 cm³/mol. The van der Waals surface area contributed by atoms with Crippen molar-refractivity contribution in [3.05, 3.63) is 0 Å². The molecule has 8 heteroatoms. The molecule has 25 heavy (non-hydrogen) atoms. The molecule has 0 atom stereocenters. The van der Waals surface area contributed by atoms with Gasteiger partial charge in [0.2, 0.25) is 0 Å². The average Bonchev–Trinajstić information content (AvgIpc) is 2.52. The lowest BCUT2D eigenvalue weighted by molar-refractivity contribution is -0.0303. The summed E-state index contributed by atoms with van der Waals surface area (Å²) in [5.41, 5.74) is -0.447. The lowest BCUT2D eigenvalue weighted by Crippen LogP contribution is -2.54. The number of amides is 1. The number of ether oxygens (including phenoxy) is 2. The van der Waals surface area contributed by atoms with Crippen LogP contribution in [0.1, 0.15) is 64.6 Å². The molecular formula is C17H36BrClN2O4. The zero-order valence-electron chi connectivity index (χ0n) is 26.5. The molecule has 152 valence electrons. The van der Waals surface area contributed by atoms with Crippen LogP contribution in [0.3, 0.4) is 0 Å². The maximum atomic E-state index is 11.2. The summed E-state index contributed by atoms with van der Waals surface area (Å²) in [6.45, 7) is -2.81. The molecule has 0 radical (unpaired) electrons. The Labute approximate surface area is 184 Å². The van der Waals surface area contributed by atoms with Crippen molar-refractivity contribution in [2.24, 2.45) is 0 Å². The van der Waals surface area contributed by atoms with Crippen molar-refractivity contribution in [2.45, 2.75) is 76.9 Å². The molecule has 6 nitrogen and oxygen atoms in total. The van der Waals surface area contributed by atoms with Crippen LogP contribution in [0.25, 0.3) is 0 Å². The molecule has 0 aromatic heterocycles. The largest absolute Gasteiger partial charge is 0.444 e. The molecule has 2 N–H and O–H groups in total. The molecule has 2 heterocycles. The van der Waals surface area contributed by atoms with Crippen LogP contribution >= 0.6 is 28.3 Å². The van der Waals surface area contributed by atoms with Crippen molar-refractivity contribution in [1.82, 2.24) is 10.2 Å². The number of nitrogens with zero attached hydrogens (tertiary/aromatic N) is 1. The van der Waals surface area contributed by atoms with E-state index in [-0.39, 0.29) is 30.7 Å². The summed E-state index contributed by atoms with van der Waals surface area (Å²) >= 11 is 2.59. The van der Waals surface area contributed by atoms with Crippen LogP contribution in [0, 0.1) is 0 Å². The van der Waals surface area contributed by atoms with E-state index in [9.17, 15) is 4.79 Å². The second kappa shape index (κ2) is 13.1. The van der Waals surface area contributed by atoms with E-state index < -0.39 is 43.9 Å². The first-order valence-corrected chi connectivity index (χ1v) is 8.33. The van der Waals surface area contributed by atoms with Gasteiger partial charge in [0.25, 0.3) is 0 Å². The molecule has 0 saturated carbocycles. The van der Waals surface area contributed by atoms with Gasteiger partial charge in [-0.25, -0.2) is 4.79 Å². The monoisotopic (exact) mass is 458 g/mol. The van der Waals surface area contributed by atoms with E-state index in [0.29, 0.717) is 26.2 Å². The van der Waals surface area contributed by atoms with E-state index in [2.05, 4.69) is 21.2 Å². The summed E-state index contributed by atoms with van der Waals surface area (Å²) in [5, 5.41) is 11.8. The van der Waals surface area contributed by atoms with Crippen LogP contribution in [0.2, 0.25) is 0 Å². The van der Waals surface area contributed by atoms with Gasteiger partial charge in [0.1, 0.15) is 5.60 Å². The first-order valence-electron chi connectivity index (χ1n) is 13.4. The molecule has 0 aromatic rings. The summed E-state index contributed by atoms with van der Waals surface area (Å²) < 4.78 is 92.8. The standard InChI is InChI=1S/C8H15NO3.C6H13NO.C3H7Br.ClH/c1-8(2,3)12-7(11)9-4-6(10)5-9;1-5(2)8-6-3-7-4-6;1-3(2)4;/h6,10H,4-5H2,1-3H3;5-7H,3-4H2,1-2H3;3H,1-2H3;1H/i;2*1D3,2D3;. The van der Waals surface area contributed by atoms with E-state index in [1.807, 2.05) is 20.8 Å². The maximum Gasteiger partial charge on any atom is 0.410 e. The van der Waals surface area contributed by atoms with Crippen molar-refractivity contribution in [1.29, 1.82) is 0 Å². The number of carbonyl (C=O) groups is 1. The Bertz CT molecular complexity index is 660. The number of β-amino-alcohol motifs (C(OH)–C–C–N with tert-alkyl or cyclic N) is 1. The number of likely N-dealkylation sites (tertiary alicyclic amines) is 1. The number of carbonyl (C=O) groups excluding carboxylic acids is 1. The predicted octanol–water partition coefficient (Wildman–Crippen LogP) is 3.19. The smallest absolute Gasteiger partial charge is 0.410 e. The van der Waals surface area contributed by atoms with E-state index in [1.165, 1.54) is 4.90 Å². The number of halogens is 2. The van der Waals surface area contributed by atoms with Crippen molar-refractivity contribution >= 4 is 34.4 Å². The Kier molecular flexibility index (Phi) is 6.15. The van der Waals surface area contributed by atoms with Crippen molar-refractivity contribution < 1.29 is 35.8 Å². The lowest BCUT2D eigenvalue weighted by atomic mass is 10.2. The quantitative estimate of drug-likeness (QED) is 0.621. The molecule has 2 fully saturated rings. The number of rotatable bonds is 2. The first kappa shape index (κ1) is 11.7. The molecule has 2 aliphatic heterocycles. The summed E-state index contributed by atoms with van der Waals surface area (Å²) in [5.74, 6) is 0. The third-order valence-electron chi connectivity index (χ3n) is 2.59. The highest BCUT2D eigenvalue weighted by molar-refractivity contribution is 9.09. The fraction of sp³-hybridized carbons (Fsp3) is 0.941. The van der Waals surface area contributed by atoms with Gasteiger partial charge in [-0.3, -0.25) is 0 Å². The highest BCUT2D eigenvalue weighted by Gasteiger charge is 2.32. The third kappa shape index (κ3) is 15.9. The van der Waals surface area contributed by atoms with Gasteiger partial charge < -0.3 is 24.8 Å².